The number of allylic oxidation sites excluding steroid dienone is 3. The van der Waals surface area contributed by atoms with E-state index in [0.29, 0.717) is 45.4 Å². The highest BCUT2D eigenvalue weighted by molar-refractivity contribution is 6.35. The molecule has 0 saturated carbocycles. The second-order valence-corrected chi connectivity index (χ2v) is 8.81. The lowest BCUT2D eigenvalue weighted by Gasteiger charge is -2.44. The van der Waals surface area contributed by atoms with Gasteiger partial charge in [0, 0.05) is 41.8 Å². The van der Waals surface area contributed by atoms with E-state index >= 15 is 0 Å². The van der Waals surface area contributed by atoms with Crippen LogP contribution in [0, 0.1) is 11.3 Å². The Morgan fingerprint density at radius 2 is 1.84 bits per heavy atom. The molecule has 2 aromatic rings. The lowest BCUT2D eigenvalue weighted by atomic mass is 9.72. The van der Waals surface area contributed by atoms with Gasteiger partial charge < -0.3 is 5.73 Å². The fourth-order valence-electron chi connectivity index (χ4n) is 4.58. The molecule has 0 saturated heterocycles. The van der Waals surface area contributed by atoms with Crippen LogP contribution in [0.1, 0.15) is 35.8 Å². The fourth-order valence-corrected chi connectivity index (χ4v) is 5.09. The largest absolute Gasteiger partial charge is 0.383 e. The van der Waals surface area contributed by atoms with E-state index in [4.69, 9.17) is 28.9 Å². The van der Waals surface area contributed by atoms with Gasteiger partial charge in [-0.15, -0.1) is 0 Å². The molecule has 7 heteroatoms. The molecule has 0 aromatic heterocycles. The topological polar surface area (TPSA) is 73.4 Å². The van der Waals surface area contributed by atoms with Crippen LogP contribution in [-0.4, -0.2) is 29.9 Å². The summed E-state index contributed by atoms with van der Waals surface area (Å²) < 4.78 is 0. The van der Waals surface area contributed by atoms with E-state index in [9.17, 15) is 10.1 Å². The van der Waals surface area contributed by atoms with Crippen molar-refractivity contribution in [3.8, 4) is 6.07 Å². The molecule has 2 atom stereocenters. The molecule has 2 aromatic carbocycles. The molecule has 4 rings (SSSR count). The summed E-state index contributed by atoms with van der Waals surface area (Å²) in [6.07, 6.45) is 0.995. The summed E-state index contributed by atoms with van der Waals surface area (Å²) >= 11 is 12.6. The number of nitrogens with two attached hydrogens (primary N) is 1. The van der Waals surface area contributed by atoms with E-state index in [1.807, 2.05) is 49.4 Å². The molecule has 1 heterocycles. The molecule has 5 nitrogen and oxygen atoms in total. The highest BCUT2D eigenvalue weighted by Gasteiger charge is 2.43. The second-order valence-electron chi connectivity index (χ2n) is 7.97. The van der Waals surface area contributed by atoms with Crippen LogP contribution in [0.2, 0.25) is 10.0 Å². The molecule has 0 spiro atoms. The van der Waals surface area contributed by atoms with Gasteiger partial charge in [0.15, 0.2) is 5.78 Å². The highest BCUT2D eigenvalue weighted by atomic mass is 35.5. The third-order valence-corrected chi connectivity index (χ3v) is 6.45. The SMILES string of the molecule is CN(C)N1C(N)=C(C#N)[C@@H](c2ccc(Cl)cc2Cl)C2=C1C[C@@H](c1ccccc1)CC2=O. The Kier molecular flexibility index (Phi) is 5.81. The van der Waals surface area contributed by atoms with Gasteiger partial charge in [0.05, 0.1) is 17.6 Å². The van der Waals surface area contributed by atoms with Crippen molar-refractivity contribution in [2.45, 2.75) is 24.7 Å². The Labute approximate surface area is 191 Å². The first-order valence-electron chi connectivity index (χ1n) is 9.96. The van der Waals surface area contributed by atoms with Crippen molar-refractivity contribution in [3.05, 3.63) is 92.4 Å². The average molecular weight is 453 g/mol. The van der Waals surface area contributed by atoms with Crippen molar-refractivity contribution in [1.82, 2.24) is 10.0 Å². The molecule has 1 aliphatic carbocycles. The molecule has 2 aliphatic rings. The first kappa shape index (κ1) is 21.5. The van der Waals surface area contributed by atoms with E-state index in [2.05, 4.69) is 6.07 Å². The van der Waals surface area contributed by atoms with E-state index in [-0.39, 0.29) is 11.7 Å². The zero-order valence-corrected chi connectivity index (χ0v) is 18.8. The van der Waals surface area contributed by atoms with Crippen LogP contribution >= 0.6 is 23.2 Å². The van der Waals surface area contributed by atoms with Crippen molar-refractivity contribution in [2.24, 2.45) is 5.73 Å². The van der Waals surface area contributed by atoms with Crippen LogP contribution in [0.3, 0.4) is 0 Å². The molecular weight excluding hydrogens is 431 g/mol. The normalized spacial score (nSPS) is 21.4. The summed E-state index contributed by atoms with van der Waals surface area (Å²) in [7, 11) is 3.69. The zero-order valence-electron chi connectivity index (χ0n) is 17.3. The minimum atomic E-state index is -0.620. The Bertz CT molecular complexity index is 1150. The van der Waals surface area contributed by atoms with Crippen molar-refractivity contribution in [3.63, 3.8) is 0 Å². The summed E-state index contributed by atoms with van der Waals surface area (Å²) in [5.41, 5.74) is 9.96. The summed E-state index contributed by atoms with van der Waals surface area (Å²) in [5, 5.41) is 14.5. The lowest BCUT2D eigenvalue weighted by Crippen LogP contribution is -2.46. The molecule has 0 unspecified atom stereocenters. The number of nitriles is 1. The summed E-state index contributed by atoms with van der Waals surface area (Å²) in [6.45, 7) is 0. The predicted octanol–water partition coefficient (Wildman–Crippen LogP) is 4.96. The summed E-state index contributed by atoms with van der Waals surface area (Å²) in [4.78, 5) is 13.6. The smallest absolute Gasteiger partial charge is 0.162 e. The Hall–Kier alpha value is -2.78. The standard InChI is InChI=1S/C24H22Cl2N4O/c1-29(2)30-20-10-15(14-6-4-3-5-7-14)11-21(31)23(20)22(18(13-27)24(30)28)17-9-8-16(25)12-19(17)26/h3-9,12,15,22H,10-11,28H2,1-2H3/t15-,22-/m1/s1. The summed E-state index contributed by atoms with van der Waals surface area (Å²) in [5.74, 6) is -0.278. The van der Waals surface area contributed by atoms with Gasteiger partial charge in [-0.2, -0.15) is 5.26 Å². The van der Waals surface area contributed by atoms with Crippen LogP contribution in [0.25, 0.3) is 0 Å². The van der Waals surface area contributed by atoms with Crippen molar-refractivity contribution >= 4 is 29.0 Å². The maximum atomic E-state index is 13.6. The van der Waals surface area contributed by atoms with Crippen LogP contribution in [0.15, 0.2) is 71.2 Å². The van der Waals surface area contributed by atoms with Gasteiger partial charge >= 0.3 is 0 Å². The van der Waals surface area contributed by atoms with E-state index in [1.165, 1.54) is 0 Å². The monoisotopic (exact) mass is 452 g/mol. The molecule has 0 radical (unpaired) electrons. The molecule has 0 fully saturated rings. The number of rotatable bonds is 3. The van der Waals surface area contributed by atoms with Gasteiger partial charge in [0.1, 0.15) is 5.82 Å². The minimum Gasteiger partial charge on any atom is -0.383 e. The highest BCUT2D eigenvalue weighted by Crippen LogP contribution is 2.49. The van der Waals surface area contributed by atoms with Gasteiger partial charge in [0.2, 0.25) is 0 Å². The molecule has 31 heavy (non-hydrogen) atoms. The first-order valence-corrected chi connectivity index (χ1v) is 10.7. The molecular formula is C24H22Cl2N4O. The number of nitrogens with zero attached hydrogens (tertiary/aromatic N) is 3. The maximum Gasteiger partial charge on any atom is 0.162 e. The third kappa shape index (κ3) is 3.72. The van der Waals surface area contributed by atoms with Gasteiger partial charge in [-0.1, -0.05) is 59.6 Å². The quantitative estimate of drug-likeness (QED) is 0.711. The van der Waals surface area contributed by atoms with E-state index in [0.717, 1.165) is 11.3 Å². The maximum absolute atomic E-state index is 13.6. The minimum absolute atomic E-state index is 0.00165. The van der Waals surface area contributed by atoms with Crippen LogP contribution in [-0.2, 0) is 4.79 Å². The number of carbonyl (C=O) groups excluding carboxylic acids is 1. The van der Waals surface area contributed by atoms with Crippen LogP contribution < -0.4 is 5.73 Å². The van der Waals surface area contributed by atoms with Gasteiger partial charge in [0.25, 0.3) is 0 Å². The summed E-state index contributed by atoms with van der Waals surface area (Å²) in [6, 6.07) is 17.3. The van der Waals surface area contributed by atoms with Gasteiger partial charge in [-0.3, -0.25) is 9.80 Å². The number of hydrazine groups is 1. The number of benzene rings is 2. The van der Waals surface area contributed by atoms with Crippen LogP contribution in [0.5, 0.6) is 0 Å². The van der Waals surface area contributed by atoms with Gasteiger partial charge in [-0.25, -0.2) is 5.01 Å². The fraction of sp³-hybridized carbons (Fsp3) is 0.250. The number of halogens is 2. The third-order valence-electron chi connectivity index (χ3n) is 5.88. The molecule has 2 N–H and O–H groups in total. The van der Waals surface area contributed by atoms with Crippen molar-refractivity contribution < 1.29 is 4.79 Å². The number of hydrogen-bond acceptors (Lipinski definition) is 5. The molecule has 1 aliphatic heterocycles. The predicted molar refractivity (Wildman–Crippen MR) is 122 cm³/mol. The number of Topliss-reactive ketones (excluding diaryl/α,β-unsaturated/α-hetero) is 1. The second kappa shape index (κ2) is 8.39. The van der Waals surface area contributed by atoms with Crippen molar-refractivity contribution in [1.29, 1.82) is 5.26 Å². The van der Waals surface area contributed by atoms with Crippen molar-refractivity contribution in [2.75, 3.05) is 14.1 Å². The first-order chi connectivity index (χ1) is 14.8. The number of ketones is 1. The van der Waals surface area contributed by atoms with E-state index in [1.54, 1.807) is 23.2 Å². The Balaban J connectivity index is 1.92. The van der Waals surface area contributed by atoms with Crippen LogP contribution in [0.4, 0.5) is 0 Å². The lowest BCUT2D eigenvalue weighted by molar-refractivity contribution is -0.117. The van der Waals surface area contributed by atoms with Gasteiger partial charge in [-0.05, 0) is 35.6 Å². The molecule has 158 valence electrons. The Morgan fingerprint density at radius 1 is 1.13 bits per heavy atom. The van der Waals surface area contributed by atoms with E-state index < -0.39 is 5.92 Å². The average Bonchev–Trinajstić information content (AvgIpc) is 2.73. The Morgan fingerprint density at radius 3 is 2.45 bits per heavy atom. The number of hydrogen-bond donors (Lipinski definition) is 1. The molecule has 0 bridgehead atoms. The zero-order chi connectivity index (χ0) is 22.3. The molecule has 0 amide bonds. The number of carbonyl (C=O) groups is 1.